The van der Waals surface area contributed by atoms with Crippen LogP contribution in [0.5, 0.6) is 0 Å². The van der Waals surface area contributed by atoms with Gasteiger partial charge in [-0.1, -0.05) is 78.9 Å². The molecule has 0 saturated carbocycles. The number of fused-ring (bicyclic) bond motifs is 1. The van der Waals surface area contributed by atoms with Gasteiger partial charge in [-0.15, -0.1) is 24.9 Å². The average Bonchev–Trinajstić information content (AvgIpc) is 3.73. The number of benzene rings is 3. The van der Waals surface area contributed by atoms with Crippen molar-refractivity contribution in [3.63, 3.8) is 0 Å². The number of likely N-dealkylation sites (tertiary alicyclic amines) is 1. The summed E-state index contributed by atoms with van der Waals surface area (Å²) in [6.45, 7) is 12.1. The summed E-state index contributed by atoms with van der Waals surface area (Å²) in [6, 6.07) is 23.7. The van der Waals surface area contributed by atoms with Crippen molar-refractivity contribution in [2.45, 2.75) is 55.2 Å². The number of aliphatic hydroxyl groups excluding tert-OH is 1. The van der Waals surface area contributed by atoms with E-state index in [1.54, 1.807) is 38.6 Å². The normalized spacial score (nSPS) is 24.9. The molecule has 2 bridgehead atoms. The van der Waals surface area contributed by atoms with Gasteiger partial charge in [0.1, 0.15) is 6.04 Å². The third kappa shape index (κ3) is 5.61. The highest BCUT2D eigenvalue weighted by Crippen LogP contribution is 2.67. The maximum absolute atomic E-state index is 15.2. The van der Waals surface area contributed by atoms with E-state index in [9.17, 15) is 14.7 Å². The smallest absolute Gasteiger partial charge is 0.251 e. The molecular weight excluding hydrogens is 607 g/mol. The summed E-state index contributed by atoms with van der Waals surface area (Å²) in [7, 11) is 0. The second-order valence-electron chi connectivity index (χ2n) is 12.9. The number of aliphatic hydroxyl groups is 1. The Labute approximate surface area is 281 Å². The molecule has 244 valence electrons. The third-order valence-electron chi connectivity index (χ3n) is 10.1. The number of carbonyl (C=O) groups is 3. The van der Waals surface area contributed by atoms with E-state index in [2.05, 4.69) is 13.2 Å². The number of para-hydroxylation sites is 2. The van der Waals surface area contributed by atoms with Gasteiger partial charge in [-0.2, -0.15) is 0 Å². The molecule has 3 aliphatic rings. The first-order valence-electron chi connectivity index (χ1n) is 16.4. The molecule has 47 heavy (non-hydrogen) atoms. The van der Waals surface area contributed by atoms with Crippen LogP contribution in [0.1, 0.15) is 29.5 Å². The lowest BCUT2D eigenvalue weighted by atomic mass is 9.70. The summed E-state index contributed by atoms with van der Waals surface area (Å²) in [4.78, 5) is 49.9. The number of aryl methyl sites for hydroxylation is 2. The fourth-order valence-corrected chi connectivity index (χ4v) is 10.4. The predicted octanol–water partition coefficient (Wildman–Crippen LogP) is 5.74. The van der Waals surface area contributed by atoms with E-state index >= 15 is 4.79 Å². The maximum atomic E-state index is 15.2. The van der Waals surface area contributed by atoms with Gasteiger partial charge in [-0.25, -0.2) is 0 Å². The maximum Gasteiger partial charge on any atom is 0.251 e. The molecule has 3 heterocycles. The molecule has 8 heteroatoms. The molecule has 3 saturated heterocycles. The number of thioether (sulfide) groups is 1. The van der Waals surface area contributed by atoms with Gasteiger partial charge >= 0.3 is 0 Å². The molecule has 3 aromatic rings. The van der Waals surface area contributed by atoms with Crippen molar-refractivity contribution in [3.05, 3.63) is 121 Å². The number of amides is 3. The lowest BCUT2D eigenvalue weighted by Gasteiger charge is -2.40. The first-order chi connectivity index (χ1) is 22.8. The zero-order valence-corrected chi connectivity index (χ0v) is 27.9. The number of nitrogens with zero attached hydrogens (tertiary/aromatic N) is 3. The number of hydrogen-bond donors (Lipinski definition) is 1. The highest BCUT2D eigenvalue weighted by Gasteiger charge is 2.74. The van der Waals surface area contributed by atoms with Crippen LogP contribution < -0.4 is 9.80 Å². The van der Waals surface area contributed by atoms with Crippen LogP contribution in [0.15, 0.2) is 104 Å². The number of carbonyl (C=O) groups excluding carboxylic acids is 3. The summed E-state index contributed by atoms with van der Waals surface area (Å²) < 4.78 is -0.810. The highest BCUT2D eigenvalue weighted by molar-refractivity contribution is 8.02. The minimum Gasteiger partial charge on any atom is -0.394 e. The largest absolute Gasteiger partial charge is 0.394 e. The topological polar surface area (TPSA) is 81.2 Å². The van der Waals surface area contributed by atoms with Crippen LogP contribution in [0.25, 0.3) is 0 Å². The lowest BCUT2D eigenvalue weighted by molar-refractivity contribution is -0.141. The Morgan fingerprint density at radius 1 is 0.936 bits per heavy atom. The van der Waals surface area contributed by atoms with Gasteiger partial charge in [-0.3, -0.25) is 14.4 Å². The Bertz CT molecular complexity index is 1640. The Hall–Kier alpha value is -4.14. The van der Waals surface area contributed by atoms with Crippen LogP contribution in [-0.2, 0) is 20.8 Å². The lowest BCUT2D eigenvalue weighted by Crippen LogP contribution is -2.58. The van der Waals surface area contributed by atoms with Gasteiger partial charge < -0.3 is 19.8 Å². The van der Waals surface area contributed by atoms with E-state index in [-0.39, 0.29) is 36.1 Å². The highest BCUT2D eigenvalue weighted by atomic mass is 32.2. The van der Waals surface area contributed by atoms with Gasteiger partial charge in [0.05, 0.1) is 29.2 Å². The van der Waals surface area contributed by atoms with Crippen LogP contribution in [0.2, 0.25) is 0 Å². The van der Waals surface area contributed by atoms with Gasteiger partial charge in [0.25, 0.3) is 5.91 Å². The van der Waals surface area contributed by atoms with Gasteiger partial charge in [0, 0.05) is 29.7 Å². The summed E-state index contributed by atoms with van der Waals surface area (Å²) in [5.74, 6) is -1.85. The molecule has 6 rings (SSSR count). The molecule has 3 fully saturated rings. The molecule has 3 amide bonds. The first-order valence-corrected chi connectivity index (χ1v) is 17.3. The van der Waals surface area contributed by atoms with Crippen LogP contribution in [0.4, 0.5) is 11.4 Å². The molecule has 0 radical (unpaired) electrons. The number of anilines is 2. The second-order valence-corrected chi connectivity index (χ2v) is 14.5. The van der Waals surface area contributed by atoms with Crippen LogP contribution in [-0.4, -0.2) is 69.5 Å². The van der Waals surface area contributed by atoms with E-state index in [1.165, 1.54) is 0 Å². The Morgan fingerprint density at radius 2 is 1.55 bits per heavy atom. The third-order valence-corrected chi connectivity index (χ3v) is 12.1. The van der Waals surface area contributed by atoms with E-state index in [0.717, 1.165) is 34.5 Å². The molecule has 0 aromatic heterocycles. The molecule has 6 atom stereocenters. The first kappa shape index (κ1) is 32.8. The Balaban J connectivity index is 1.47. The SMILES string of the molecule is C=CCN(C(=O)[C@@H]1[C@@H]2CCC3(S2)C(C(=O)N(CC=C)c2c(C)cccc2C)N([C@@H](CO)Cc2ccccc2)C(=O)[C@H]13)c1ccccc1. The summed E-state index contributed by atoms with van der Waals surface area (Å²) in [6.07, 6.45) is 5.17. The van der Waals surface area contributed by atoms with Crippen molar-refractivity contribution in [1.29, 1.82) is 0 Å². The number of hydrogen-bond acceptors (Lipinski definition) is 5. The molecule has 2 unspecified atom stereocenters. The van der Waals surface area contributed by atoms with E-state index in [0.29, 0.717) is 19.4 Å². The van der Waals surface area contributed by atoms with Crippen LogP contribution >= 0.6 is 11.8 Å². The summed E-state index contributed by atoms with van der Waals surface area (Å²) in [5.41, 5.74) is 4.42. The quantitative estimate of drug-likeness (QED) is 0.254. The second kappa shape index (κ2) is 13.5. The number of rotatable bonds is 12. The Morgan fingerprint density at radius 3 is 2.17 bits per heavy atom. The molecule has 1 N–H and O–H groups in total. The van der Waals surface area contributed by atoms with Gasteiger partial charge in [-0.05, 0) is 61.9 Å². The van der Waals surface area contributed by atoms with Gasteiger partial charge in [0.2, 0.25) is 11.8 Å². The summed E-state index contributed by atoms with van der Waals surface area (Å²) >= 11 is 1.64. The van der Waals surface area contributed by atoms with Crippen LogP contribution in [0.3, 0.4) is 0 Å². The molecular formula is C39H43N3O4S. The van der Waals surface area contributed by atoms with Crippen molar-refractivity contribution in [1.82, 2.24) is 4.90 Å². The van der Waals surface area contributed by atoms with Crippen molar-refractivity contribution in [3.8, 4) is 0 Å². The molecule has 1 spiro atoms. The van der Waals surface area contributed by atoms with Crippen molar-refractivity contribution in [2.75, 3.05) is 29.5 Å². The molecule has 3 aromatic carbocycles. The van der Waals surface area contributed by atoms with Gasteiger partial charge in [0.15, 0.2) is 0 Å². The standard InChI is InChI=1S/C39H43N3O4S/c1-5-22-40(29-18-11-8-12-19-29)36(44)32-31-20-21-39(47-31)33(32)37(45)42(30(25-43)24-28-16-9-7-10-17-28)35(39)38(46)41(23-6-2)34-26(3)14-13-15-27(34)4/h5-19,30-33,35,43H,1-2,20-25H2,3-4H3/t30-,31+,32-,33+,35?,39?/m1/s1. The van der Waals surface area contributed by atoms with Crippen molar-refractivity contribution in [2.24, 2.45) is 11.8 Å². The summed E-state index contributed by atoms with van der Waals surface area (Å²) in [5, 5.41) is 10.8. The minimum absolute atomic E-state index is 0.0975. The minimum atomic E-state index is -0.864. The fraction of sp³-hybridized carbons (Fsp3) is 0.359. The van der Waals surface area contributed by atoms with Crippen molar-refractivity contribution < 1.29 is 19.5 Å². The van der Waals surface area contributed by atoms with E-state index in [1.807, 2.05) is 92.7 Å². The van der Waals surface area contributed by atoms with Crippen LogP contribution in [0, 0.1) is 25.7 Å². The Kier molecular flexibility index (Phi) is 9.44. The zero-order valence-electron chi connectivity index (χ0n) is 27.1. The molecule has 0 aliphatic carbocycles. The average molecular weight is 650 g/mol. The fourth-order valence-electron chi connectivity index (χ4n) is 8.22. The zero-order chi connectivity index (χ0) is 33.3. The predicted molar refractivity (Wildman–Crippen MR) is 189 cm³/mol. The van der Waals surface area contributed by atoms with Crippen molar-refractivity contribution >= 4 is 40.9 Å². The molecule has 3 aliphatic heterocycles. The molecule has 7 nitrogen and oxygen atoms in total. The van der Waals surface area contributed by atoms with E-state index in [4.69, 9.17) is 0 Å². The monoisotopic (exact) mass is 649 g/mol. The van der Waals surface area contributed by atoms with E-state index < -0.39 is 28.7 Å².